The molecule has 0 amide bonds. The first-order valence-electron chi connectivity index (χ1n) is 6.56. The first-order chi connectivity index (χ1) is 9.00. The van der Waals surface area contributed by atoms with Crippen LogP contribution in [0.3, 0.4) is 0 Å². The van der Waals surface area contributed by atoms with Gasteiger partial charge in [0, 0.05) is 12.6 Å². The predicted molar refractivity (Wildman–Crippen MR) is 73.1 cm³/mol. The molecule has 104 valence electrons. The maximum absolute atomic E-state index is 11.2. The number of aryl methyl sites for hydroxylation is 2. The molecule has 2 unspecified atom stereocenters. The summed E-state index contributed by atoms with van der Waals surface area (Å²) >= 11 is 0. The van der Waals surface area contributed by atoms with Crippen molar-refractivity contribution in [3.05, 3.63) is 34.9 Å². The van der Waals surface area contributed by atoms with E-state index in [9.17, 15) is 9.90 Å². The number of hydrogen-bond acceptors (Lipinski definition) is 3. The van der Waals surface area contributed by atoms with Crippen LogP contribution in [0.25, 0.3) is 0 Å². The van der Waals surface area contributed by atoms with Crippen LogP contribution in [0.1, 0.15) is 16.7 Å². The maximum Gasteiger partial charge on any atom is 0.310 e. The summed E-state index contributed by atoms with van der Waals surface area (Å²) < 4.78 is 5.33. The van der Waals surface area contributed by atoms with Crippen molar-refractivity contribution in [3.63, 3.8) is 0 Å². The van der Waals surface area contributed by atoms with Crippen LogP contribution in [-0.2, 0) is 16.1 Å². The summed E-state index contributed by atoms with van der Waals surface area (Å²) in [4.78, 5) is 13.3. The van der Waals surface area contributed by atoms with E-state index in [4.69, 9.17) is 4.74 Å². The number of carbonyl (C=O) groups is 1. The van der Waals surface area contributed by atoms with E-state index in [-0.39, 0.29) is 6.04 Å². The fourth-order valence-corrected chi connectivity index (χ4v) is 2.68. The minimum absolute atomic E-state index is 0.0449. The van der Waals surface area contributed by atoms with Crippen LogP contribution in [-0.4, -0.2) is 42.3 Å². The fourth-order valence-electron chi connectivity index (χ4n) is 2.68. The van der Waals surface area contributed by atoms with Crippen LogP contribution in [0.15, 0.2) is 18.2 Å². The molecule has 1 aromatic carbocycles. The van der Waals surface area contributed by atoms with Crippen molar-refractivity contribution in [2.75, 3.05) is 20.3 Å². The number of nitrogens with zero attached hydrogens (tertiary/aromatic N) is 1. The topological polar surface area (TPSA) is 49.8 Å². The maximum atomic E-state index is 11.2. The highest BCUT2D eigenvalue weighted by Crippen LogP contribution is 2.23. The van der Waals surface area contributed by atoms with E-state index >= 15 is 0 Å². The van der Waals surface area contributed by atoms with Crippen molar-refractivity contribution < 1.29 is 14.6 Å². The highest BCUT2D eigenvalue weighted by atomic mass is 16.5. The van der Waals surface area contributed by atoms with Crippen LogP contribution in [0.4, 0.5) is 0 Å². The quantitative estimate of drug-likeness (QED) is 0.900. The van der Waals surface area contributed by atoms with Crippen LogP contribution < -0.4 is 0 Å². The molecule has 1 heterocycles. The van der Waals surface area contributed by atoms with Crippen molar-refractivity contribution in [1.82, 2.24) is 4.90 Å². The lowest BCUT2D eigenvalue weighted by Gasteiger charge is -2.27. The van der Waals surface area contributed by atoms with Gasteiger partial charge in [0.15, 0.2) is 0 Å². The van der Waals surface area contributed by atoms with Crippen LogP contribution in [0, 0.1) is 19.8 Å². The summed E-state index contributed by atoms with van der Waals surface area (Å²) in [6, 6.07) is 6.19. The summed E-state index contributed by atoms with van der Waals surface area (Å²) in [5.74, 6) is -1.19. The first kappa shape index (κ1) is 14.0. The summed E-state index contributed by atoms with van der Waals surface area (Å²) in [7, 11) is 1.97. The Hall–Kier alpha value is -1.39. The summed E-state index contributed by atoms with van der Waals surface area (Å²) in [5.41, 5.74) is 3.77. The number of carboxylic acid groups (broad SMARTS) is 1. The lowest BCUT2D eigenvalue weighted by Crippen LogP contribution is -2.40. The number of likely N-dealkylation sites (N-methyl/N-ethyl adjacent to an activating group) is 1. The zero-order chi connectivity index (χ0) is 14.0. The lowest BCUT2D eigenvalue weighted by atomic mass is 9.99. The van der Waals surface area contributed by atoms with E-state index in [1.807, 2.05) is 13.1 Å². The average Bonchev–Trinajstić information content (AvgIpc) is 2.83. The molecule has 0 radical (unpaired) electrons. The standard InChI is InChI=1S/C15H21NO3/c1-10-5-4-6-11(2)12(10)7-16(3)14-9-19-8-13(14)15(17)18/h4-6,13-14H,7-9H2,1-3H3,(H,17,18). The van der Waals surface area contributed by atoms with Gasteiger partial charge in [-0.2, -0.15) is 0 Å². The molecule has 1 fully saturated rings. The van der Waals surface area contributed by atoms with Gasteiger partial charge in [0.25, 0.3) is 0 Å². The number of aliphatic carboxylic acids is 1. The predicted octanol–water partition coefficient (Wildman–Crippen LogP) is 1.83. The second kappa shape index (κ2) is 5.72. The molecule has 1 N–H and O–H groups in total. The minimum atomic E-state index is -0.768. The van der Waals surface area contributed by atoms with Crippen LogP contribution in [0.5, 0.6) is 0 Å². The van der Waals surface area contributed by atoms with Gasteiger partial charge in [-0.05, 0) is 37.6 Å². The van der Waals surface area contributed by atoms with Gasteiger partial charge in [-0.3, -0.25) is 9.69 Å². The molecule has 4 heteroatoms. The largest absolute Gasteiger partial charge is 0.481 e. The Morgan fingerprint density at radius 3 is 2.58 bits per heavy atom. The van der Waals surface area contributed by atoms with Crippen molar-refractivity contribution in [1.29, 1.82) is 0 Å². The number of hydrogen-bond donors (Lipinski definition) is 1. The van der Waals surface area contributed by atoms with Crippen molar-refractivity contribution in [2.24, 2.45) is 5.92 Å². The van der Waals surface area contributed by atoms with Gasteiger partial charge in [0.05, 0.1) is 19.1 Å². The Kier molecular flexibility index (Phi) is 4.22. The van der Waals surface area contributed by atoms with Gasteiger partial charge in [-0.15, -0.1) is 0 Å². The summed E-state index contributed by atoms with van der Waals surface area (Å²) in [6.45, 7) is 5.76. The minimum Gasteiger partial charge on any atom is -0.481 e. The van der Waals surface area contributed by atoms with Crippen LogP contribution >= 0.6 is 0 Å². The fraction of sp³-hybridized carbons (Fsp3) is 0.533. The van der Waals surface area contributed by atoms with Gasteiger partial charge in [0.2, 0.25) is 0 Å². The molecule has 0 aromatic heterocycles. The van der Waals surface area contributed by atoms with Gasteiger partial charge in [0.1, 0.15) is 0 Å². The summed E-state index contributed by atoms with van der Waals surface area (Å²) in [5, 5.41) is 9.20. The number of carboxylic acids is 1. The molecule has 1 aliphatic rings. The average molecular weight is 263 g/mol. The van der Waals surface area contributed by atoms with E-state index < -0.39 is 11.9 Å². The Morgan fingerprint density at radius 2 is 2.00 bits per heavy atom. The van der Waals surface area contributed by atoms with Crippen LogP contribution in [0.2, 0.25) is 0 Å². The Labute approximate surface area is 114 Å². The molecule has 2 rings (SSSR count). The molecule has 0 saturated carbocycles. The molecule has 1 saturated heterocycles. The van der Waals surface area contributed by atoms with Crippen molar-refractivity contribution >= 4 is 5.97 Å². The van der Waals surface area contributed by atoms with E-state index in [1.165, 1.54) is 16.7 Å². The SMILES string of the molecule is Cc1cccc(C)c1CN(C)C1COCC1C(=O)O. The van der Waals surface area contributed by atoms with E-state index in [2.05, 4.69) is 30.9 Å². The summed E-state index contributed by atoms with van der Waals surface area (Å²) in [6.07, 6.45) is 0. The molecule has 1 aromatic rings. The number of ether oxygens (including phenoxy) is 1. The van der Waals surface area contributed by atoms with Gasteiger partial charge in [-0.25, -0.2) is 0 Å². The van der Waals surface area contributed by atoms with E-state index in [0.717, 1.165) is 6.54 Å². The van der Waals surface area contributed by atoms with Crippen molar-refractivity contribution in [3.8, 4) is 0 Å². The third-order valence-corrected chi connectivity index (χ3v) is 3.99. The zero-order valence-corrected chi connectivity index (χ0v) is 11.7. The molecule has 1 aliphatic heterocycles. The van der Waals surface area contributed by atoms with Gasteiger partial charge >= 0.3 is 5.97 Å². The normalized spacial score (nSPS) is 22.9. The molecule has 0 aliphatic carbocycles. The molecule has 19 heavy (non-hydrogen) atoms. The molecule has 4 nitrogen and oxygen atoms in total. The third kappa shape index (κ3) is 2.96. The second-order valence-electron chi connectivity index (χ2n) is 5.34. The number of rotatable bonds is 4. The number of benzene rings is 1. The monoisotopic (exact) mass is 263 g/mol. The van der Waals surface area contributed by atoms with E-state index in [1.54, 1.807) is 0 Å². The molecule has 0 spiro atoms. The third-order valence-electron chi connectivity index (χ3n) is 3.99. The molecule has 2 atom stereocenters. The molecular formula is C15H21NO3. The Balaban J connectivity index is 2.13. The smallest absolute Gasteiger partial charge is 0.310 e. The van der Waals surface area contributed by atoms with Gasteiger partial charge in [-0.1, -0.05) is 18.2 Å². The Morgan fingerprint density at radius 1 is 1.37 bits per heavy atom. The molecule has 0 bridgehead atoms. The highest BCUT2D eigenvalue weighted by molar-refractivity contribution is 5.71. The van der Waals surface area contributed by atoms with Crippen molar-refractivity contribution in [2.45, 2.75) is 26.4 Å². The second-order valence-corrected chi connectivity index (χ2v) is 5.34. The Bertz CT molecular complexity index is 452. The molecular weight excluding hydrogens is 242 g/mol. The zero-order valence-electron chi connectivity index (χ0n) is 11.7. The highest BCUT2D eigenvalue weighted by Gasteiger charge is 2.36. The van der Waals surface area contributed by atoms with E-state index in [0.29, 0.717) is 13.2 Å². The first-order valence-corrected chi connectivity index (χ1v) is 6.56. The lowest BCUT2D eigenvalue weighted by molar-refractivity contribution is -0.143. The van der Waals surface area contributed by atoms with Gasteiger partial charge < -0.3 is 9.84 Å².